The van der Waals surface area contributed by atoms with E-state index < -0.39 is 30.3 Å². The Morgan fingerprint density at radius 1 is 1.09 bits per heavy atom. The summed E-state index contributed by atoms with van der Waals surface area (Å²) in [6.45, 7) is 2.12. The molecule has 0 radical (unpaired) electrons. The van der Waals surface area contributed by atoms with Crippen molar-refractivity contribution in [2.45, 2.75) is 38.1 Å². The smallest absolute Gasteiger partial charge is 0.310 e. The van der Waals surface area contributed by atoms with E-state index in [1.165, 1.54) is 4.90 Å². The van der Waals surface area contributed by atoms with E-state index in [1.54, 1.807) is 25.1 Å². The highest BCUT2D eigenvalue weighted by Gasteiger charge is 2.37. The first-order chi connectivity index (χ1) is 16.5. The molecule has 4 rings (SSSR count). The molecule has 2 aromatic rings. The van der Waals surface area contributed by atoms with Gasteiger partial charge in [-0.2, -0.15) is 0 Å². The molecule has 0 spiro atoms. The summed E-state index contributed by atoms with van der Waals surface area (Å²) in [4.78, 5) is 51.8. The summed E-state index contributed by atoms with van der Waals surface area (Å²) in [6, 6.07) is 11.6. The first kappa shape index (κ1) is 23.4. The lowest BCUT2D eigenvalue weighted by molar-refractivity contribution is -0.164. The molecule has 2 heterocycles. The molecule has 2 aromatic carbocycles. The highest BCUT2D eigenvalue weighted by Crippen LogP contribution is 2.19. The number of hydrogen-bond acceptors (Lipinski definition) is 6. The second kappa shape index (κ2) is 10.5. The Morgan fingerprint density at radius 3 is 2.71 bits per heavy atom. The number of cyclic esters (lactones) is 1. The molecule has 0 bridgehead atoms. The molecule has 34 heavy (non-hydrogen) atoms. The van der Waals surface area contributed by atoms with Gasteiger partial charge in [-0.3, -0.25) is 19.2 Å². The van der Waals surface area contributed by atoms with Crippen molar-refractivity contribution < 1.29 is 28.7 Å². The van der Waals surface area contributed by atoms with Crippen molar-refractivity contribution in [1.29, 1.82) is 0 Å². The monoisotopic (exact) mass is 465 g/mol. The number of amides is 3. The molecule has 1 saturated heterocycles. The van der Waals surface area contributed by atoms with Gasteiger partial charge in [-0.25, -0.2) is 0 Å². The minimum absolute atomic E-state index is 0.00791. The summed E-state index contributed by atoms with van der Waals surface area (Å²) in [5.74, 6) is -1.59. The maximum atomic E-state index is 13.2. The van der Waals surface area contributed by atoms with E-state index in [-0.39, 0.29) is 31.3 Å². The average molecular weight is 466 g/mol. The summed E-state index contributed by atoms with van der Waals surface area (Å²) in [6.07, 6.45) is 3.10. The molecule has 0 aromatic heterocycles. The maximum absolute atomic E-state index is 13.2. The van der Waals surface area contributed by atoms with Crippen molar-refractivity contribution in [2.24, 2.45) is 0 Å². The van der Waals surface area contributed by atoms with Crippen LogP contribution in [0, 0.1) is 0 Å². The molecule has 0 aliphatic carbocycles. The normalized spacial score (nSPS) is 22.4. The van der Waals surface area contributed by atoms with Crippen molar-refractivity contribution in [3.05, 3.63) is 60.2 Å². The maximum Gasteiger partial charge on any atom is 0.310 e. The number of hydrogen-bond donors (Lipinski definition) is 2. The van der Waals surface area contributed by atoms with Gasteiger partial charge >= 0.3 is 5.97 Å². The highest BCUT2D eigenvalue weighted by atomic mass is 16.7. The van der Waals surface area contributed by atoms with E-state index >= 15 is 0 Å². The van der Waals surface area contributed by atoms with Crippen LogP contribution in [0.25, 0.3) is 10.8 Å². The van der Waals surface area contributed by atoms with Gasteiger partial charge in [-0.15, -0.1) is 0 Å². The number of esters is 1. The van der Waals surface area contributed by atoms with Crippen LogP contribution < -0.4 is 10.6 Å². The number of benzene rings is 2. The van der Waals surface area contributed by atoms with Crippen molar-refractivity contribution in [1.82, 2.24) is 15.5 Å². The molecule has 1 fully saturated rings. The lowest BCUT2D eigenvalue weighted by Gasteiger charge is -2.25. The Morgan fingerprint density at radius 2 is 1.88 bits per heavy atom. The summed E-state index contributed by atoms with van der Waals surface area (Å²) < 4.78 is 10.4. The van der Waals surface area contributed by atoms with Gasteiger partial charge < -0.3 is 25.0 Å². The SMILES string of the molecule is CCOC1OC(=O)CC1NC(=O)CN1CC=CCC(NC(=O)c2cccc3ccccc23)C1=O. The largest absolute Gasteiger partial charge is 0.433 e. The fourth-order valence-corrected chi connectivity index (χ4v) is 4.16. The Hall–Kier alpha value is -3.72. The molecule has 2 aliphatic rings. The Bertz CT molecular complexity index is 1130. The lowest BCUT2D eigenvalue weighted by Crippen LogP contribution is -2.52. The Labute approximate surface area is 197 Å². The number of carbonyl (C=O) groups is 4. The second-order valence-electron chi connectivity index (χ2n) is 8.17. The molecule has 3 unspecified atom stereocenters. The predicted octanol–water partition coefficient (Wildman–Crippen LogP) is 1.52. The van der Waals surface area contributed by atoms with Crippen LogP contribution in [0.15, 0.2) is 54.6 Å². The first-order valence-corrected chi connectivity index (χ1v) is 11.3. The zero-order valence-corrected chi connectivity index (χ0v) is 18.9. The number of ether oxygens (including phenoxy) is 2. The number of nitrogens with zero attached hydrogens (tertiary/aromatic N) is 1. The van der Waals surface area contributed by atoms with E-state index in [2.05, 4.69) is 10.6 Å². The van der Waals surface area contributed by atoms with Gasteiger partial charge in [0.15, 0.2) is 0 Å². The van der Waals surface area contributed by atoms with Gasteiger partial charge in [0.05, 0.1) is 13.0 Å². The van der Waals surface area contributed by atoms with Crippen LogP contribution in [-0.2, 0) is 23.9 Å². The van der Waals surface area contributed by atoms with Crippen LogP contribution in [0.1, 0.15) is 30.1 Å². The highest BCUT2D eigenvalue weighted by molar-refractivity contribution is 6.08. The number of rotatable bonds is 7. The van der Waals surface area contributed by atoms with Crippen LogP contribution in [0.4, 0.5) is 0 Å². The van der Waals surface area contributed by atoms with Gasteiger partial charge in [0, 0.05) is 18.7 Å². The third-order valence-corrected chi connectivity index (χ3v) is 5.79. The quantitative estimate of drug-likeness (QED) is 0.474. The molecule has 9 nitrogen and oxygen atoms in total. The van der Waals surface area contributed by atoms with Gasteiger partial charge in [-0.1, -0.05) is 48.6 Å². The van der Waals surface area contributed by atoms with Crippen molar-refractivity contribution in [3.8, 4) is 0 Å². The van der Waals surface area contributed by atoms with E-state index in [9.17, 15) is 19.2 Å². The molecule has 2 aliphatic heterocycles. The summed E-state index contributed by atoms with van der Waals surface area (Å²) in [7, 11) is 0. The van der Waals surface area contributed by atoms with Gasteiger partial charge in [0.1, 0.15) is 12.1 Å². The molecular weight excluding hydrogens is 438 g/mol. The molecule has 3 amide bonds. The van der Waals surface area contributed by atoms with Gasteiger partial charge in [-0.05, 0) is 30.2 Å². The number of fused-ring (bicyclic) bond motifs is 1. The number of nitrogens with one attached hydrogen (secondary N) is 2. The Kier molecular flexibility index (Phi) is 7.22. The summed E-state index contributed by atoms with van der Waals surface area (Å²) >= 11 is 0. The van der Waals surface area contributed by atoms with E-state index in [4.69, 9.17) is 9.47 Å². The van der Waals surface area contributed by atoms with E-state index in [1.807, 2.05) is 36.4 Å². The molecule has 3 atom stereocenters. The van der Waals surface area contributed by atoms with Crippen LogP contribution in [-0.4, -0.2) is 66.7 Å². The van der Waals surface area contributed by atoms with Crippen molar-refractivity contribution in [2.75, 3.05) is 19.7 Å². The van der Waals surface area contributed by atoms with Crippen LogP contribution in [0.5, 0.6) is 0 Å². The van der Waals surface area contributed by atoms with Gasteiger partial charge in [0.25, 0.3) is 5.91 Å². The predicted molar refractivity (Wildman–Crippen MR) is 124 cm³/mol. The zero-order chi connectivity index (χ0) is 24.1. The van der Waals surface area contributed by atoms with Crippen molar-refractivity contribution >= 4 is 34.5 Å². The lowest BCUT2D eigenvalue weighted by atomic mass is 10.0. The molecule has 178 valence electrons. The third-order valence-electron chi connectivity index (χ3n) is 5.79. The number of carbonyl (C=O) groups excluding carboxylic acids is 4. The van der Waals surface area contributed by atoms with Crippen LogP contribution in [0.3, 0.4) is 0 Å². The van der Waals surface area contributed by atoms with E-state index in [0.717, 1.165) is 10.8 Å². The Balaban J connectivity index is 1.41. The molecule has 0 saturated carbocycles. The van der Waals surface area contributed by atoms with Crippen LogP contribution in [0.2, 0.25) is 0 Å². The van der Waals surface area contributed by atoms with Crippen molar-refractivity contribution in [3.63, 3.8) is 0 Å². The molecule has 9 heteroatoms. The van der Waals surface area contributed by atoms with Gasteiger partial charge in [0.2, 0.25) is 18.1 Å². The summed E-state index contributed by atoms with van der Waals surface area (Å²) in [5.41, 5.74) is 0.483. The second-order valence-corrected chi connectivity index (χ2v) is 8.17. The fourth-order valence-electron chi connectivity index (χ4n) is 4.16. The fraction of sp³-hybridized carbons (Fsp3) is 0.360. The van der Waals surface area contributed by atoms with Crippen LogP contribution >= 0.6 is 0 Å². The minimum atomic E-state index is -0.839. The first-order valence-electron chi connectivity index (χ1n) is 11.3. The summed E-state index contributed by atoms with van der Waals surface area (Å²) in [5, 5.41) is 7.27. The topological polar surface area (TPSA) is 114 Å². The third kappa shape index (κ3) is 5.26. The zero-order valence-electron chi connectivity index (χ0n) is 18.9. The average Bonchev–Trinajstić information content (AvgIpc) is 3.08. The van der Waals surface area contributed by atoms with E-state index in [0.29, 0.717) is 18.6 Å². The standard InChI is InChI=1S/C25H27N3O6/c1-2-33-25-20(14-22(30)34-25)26-21(29)15-28-13-6-5-12-19(24(28)32)27-23(31)18-11-7-9-16-8-3-4-10-17(16)18/h3-11,19-20,25H,2,12-15H2,1H3,(H,26,29)(H,27,31). The molecular formula is C25H27N3O6. The molecule has 2 N–H and O–H groups in total. The minimum Gasteiger partial charge on any atom is -0.433 e.